The average molecular weight is 232 g/mol. The number of rotatable bonds is 3. The van der Waals surface area contributed by atoms with E-state index in [2.05, 4.69) is 0 Å². The highest BCUT2D eigenvalue weighted by Gasteiger charge is 2.11. The van der Waals surface area contributed by atoms with Gasteiger partial charge in [-0.3, -0.25) is 4.79 Å². The van der Waals surface area contributed by atoms with Gasteiger partial charge in [0.25, 0.3) is 0 Å². The summed E-state index contributed by atoms with van der Waals surface area (Å²) in [7, 11) is 3.06. The van der Waals surface area contributed by atoms with Gasteiger partial charge in [0.2, 0.25) is 0 Å². The Balaban J connectivity index is 2.78. The summed E-state index contributed by atoms with van der Waals surface area (Å²) in [5.74, 6) is 1.05. The number of fused-ring (bicyclic) bond motifs is 1. The van der Waals surface area contributed by atoms with Crippen LogP contribution in [0.25, 0.3) is 10.8 Å². The third-order valence-corrected chi connectivity index (χ3v) is 2.65. The monoisotopic (exact) mass is 232 g/mol. The molecule has 88 valence electrons. The molecule has 0 bridgehead atoms. The first-order chi connectivity index (χ1) is 8.21. The number of aromatic hydroxyl groups is 1. The van der Waals surface area contributed by atoms with Crippen LogP contribution in [0, 0.1) is 0 Å². The van der Waals surface area contributed by atoms with E-state index in [-0.39, 0.29) is 11.3 Å². The molecule has 0 fully saturated rings. The summed E-state index contributed by atoms with van der Waals surface area (Å²) >= 11 is 0. The van der Waals surface area contributed by atoms with Gasteiger partial charge < -0.3 is 14.6 Å². The maximum Gasteiger partial charge on any atom is 0.161 e. The SMILES string of the molecule is COc1cc2ccc(C=O)c(O)c2cc1OC. The summed E-state index contributed by atoms with van der Waals surface area (Å²) in [4.78, 5) is 10.7. The van der Waals surface area contributed by atoms with E-state index in [1.165, 1.54) is 7.11 Å². The van der Waals surface area contributed by atoms with Gasteiger partial charge in [-0.05, 0) is 23.6 Å². The molecule has 2 aromatic rings. The Bertz CT molecular complexity index is 575. The molecule has 4 nitrogen and oxygen atoms in total. The first-order valence-corrected chi connectivity index (χ1v) is 5.04. The third-order valence-electron chi connectivity index (χ3n) is 2.65. The molecule has 0 heterocycles. The number of benzene rings is 2. The van der Waals surface area contributed by atoms with Crippen molar-refractivity contribution in [1.29, 1.82) is 0 Å². The molecule has 0 unspecified atom stereocenters. The number of phenols is 1. The summed E-state index contributed by atoms with van der Waals surface area (Å²) in [6, 6.07) is 6.72. The number of hydrogen-bond acceptors (Lipinski definition) is 4. The number of aldehydes is 1. The van der Waals surface area contributed by atoms with Crippen LogP contribution in [0.1, 0.15) is 10.4 Å². The lowest BCUT2D eigenvalue weighted by atomic mass is 10.1. The van der Waals surface area contributed by atoms with Crippen LogP contribution in [-0.4, -0.2) is 25.6 Å². The zero-order valence-electron chi connectivity index (χ0n) is 9.56. The lowest BCUT2D eigenvalue weighted by Crippen LogP contribution is -1.91. The predicted molar refractivity (Wildman–Crippen MR) is 64.1 cm³/mol. The summed E-state index contributed by atoms with van der Waals surface area (Å²) in [6.07, 6.45) is 0.617. The number of phenolic OH excluding ortho intramolecular Hbond substituents is 1. The Labute approximate surface area is 98.4 Å². The minimum atomic E-state index is -0.0431. The van der Waals surface area contributed by atoms with Gasteiger partial charge in [-0.1, -0.05) is 6.07 Å². The Morgan fingerprint density at radius 2 is 1.76 bits per heavy atom. The van der Waals surface area contributed by atoms with Crippen LogP contribution in [0.5, 0.6) is 17.2 Å². The summed E-state index contributed by atoms with van der Waals surface area (Å²) < 4.78 is 10.3. The standard InChI is InChI=1S/C13H12O4/c1-16-11-5-8-3-4-9(7-14)13(15)10(8)6-12(11)17-2/h3-7,15H,1-2H3. The molecule has 2 aromatic carbocycles. The maximum atomic E-state index is 10.7. The molecule has 0 saturated carbocycles. The van der Waals surface area contributed by atoms with Crippen LogP contribution in [0.2, 0.25) is 0 Å². The van der Waals surface area contributed by atoms with Crippen molar-refractivity contribution in [3.8, 4) is 17.2 Å². The van der Waals surface area contributed by atoms with Crippen LogP contribution < -0.4 is 9.47 Å². The molecule has 0 aliphatic carbocycles. The smallest absolute Gasteiger partial charge is 0.161 e. The van der Waals surface area contributed by atoms with Crippen LogP contribution in [0.4, 0.5) is 0 Å². The Morgan fingerprint density at radius 3 is 2.35 bits per heavy atom. The van der Waals surface area contributed by atoms with E-state index >= 15 is 0 Å². The van der Waals surface area contributed by atoms with Gasteiger partial charge in [-0.2, -0.15) is 0 Å². The number of carbonyl (C=O) groups is 1. The van der Waals surface area contributed by atoms with Crippen LogP contribution in [0.3, 0.4) is 0 Å². The average Bonchev–Trinajstić information content (AvgIpc) is 2.38. The van der Waals surface area contributed by atoms with E-state index in [0.717, 1.165) is 5.39 Å². The van der Waals surface area contributed by atoms with E-state index in [1.54, 1.807) is 31.4 Å². The van der Waals surface area contributed by atoms with Gasteiger partial charge in [0.1, 0.15) is 5.75 Å². The second kappa shape index (κ2) is 4.33. The number of carbonyl (C=O) groups excluding carboxylic acids is 1. The van der Waals surface area contributed by atoms with Crippen molar-refractivity contribution in [1.82, 2.24) is 0 Å². The van der Waals surface area contributed by atoms with Crippen LogP contribution in [0.15, 0.2) is 24.3 Å². The van der Waals surface area contributed by atoms with E-state index in [4.69, 9.17) is 9.47 Å². The van der Waals surface area contributed by atoms with Crippen molar-refractivity contribution in [3.63, 3.8) is 0 Å². The first kappa shape index (κ1) is 11.3. The molecule has 0 atom stereocenters. The second-order valence-corrected chi connectivity index (χ2v) is 3.55. The molecular formula is C13H12O4. The quantitative estimate of drug-likeness (QED) is 0.825. The second-order valence-electron chi connectivity index (χ2n) is 3.55. The molecule has 0 spiro atoms. The molecule has 0 aromatic heterocycles. The molecule has 2 rings (SSSR count). The molecule has 4 heteroatoms. The van der Waals surface area contributed by atoms with Gasteiger partial charge in [-0.25, -0.2) is 0 Å². The van der Waals surface area contributed by atoms with Crippen molar-refractivity contribution >= 4 is 17.1 Å². The first-order valence-electron chi connectivity index (χ1n) is 5.04. The highest BCUT2D eigenvalue weighted by molar-refractivity contribution is 5.97. The van der Waals surface area contributed by atoms with Gasteiger partial charge in [0, 0.05) is 5.39 Å². The highest BCUT2D eigenvalue weighted by Crippen LogP contribution is 2.36. The summed E-state index contributed by atoms with van der Waals surface area (Å²) in [6.45, 7) is 0. The van der Waals surface area contributed by atoms with Crippen molar-refractivity contribution < 1.29 is 19.4 Å². The van der Waals surface area contributed by atoms with E-state index < -0.39 is 0 Å². The van der Waals surface area contributed by atoms with Crippen molar-refractivity contribution in [2.45, 2.75) is 0 Å². The van der Waals surface area contributed by atoms with E-state index in [0.29, 0.717) is 23.2 Å². The molecule has 0 saturated heterocycles. The number of ether oxygens (including phenoxy) is 2. The minimum absolute atomic E-state index is 0.0431. The fourth-order valence-corrected chi connectivity index (χ4v) is 1.75. The fraction of sp³-hybridized carbons (Fsp3) is 0.154. The van der Waals surface area contributed by atoms with Gasteiger partial charge in [-0.15, -0.1) is 0 Å². The molecular weight excluding hydrogens is 220 g/mol. The summed E-state index contributed by atoms with van der Waals surface area (Å²) in [5.41, 5.74) is 0.254. The van der Waals surface area contributed by atoms with Crippen LogP contribution >= 0.6 is 0 Å². The lowest BCUT2D eigenvalue weighted by molar-refractivity contribution is 0.112. The van der Waals surface area contributed by atoms with Crippen molar-refractivity contribution in [3.05, 3.63) is 29.8 Å². The molecule has 0 radical (unpaired) electrons. The maximum absolute atomic E-state index is 10.7. The highest BCUT2D eigenvalue weighted by atomic mass is 16.5. The van der Waals surface area contributed by atoms with E-state index in [9.17, 15) is 9.90 Å². The zero-order chi connectivity index (χ0) is 12.4. The predicted octanol–water partition coefficient (Wildman–Crippen LogP) is 2.38. The molecule has 17 heavy (non-hydrogen) atoms. The van der Waals surface area contributed by atoms with E-state index in [1.807, 2.05) is 0 Å². The lowest BCUT2D eigenvalue weighted by Gasteiger charge is -2.10. The Morgan fingerprint density at radius 1 is 1.12 bits per heavy atom. The fourth-order valence-electron chi connectivity index (χ4n) is 1.75. The van der Waals surface area contributed by atoms with Crippen LogP contribution in [-0.2, 0) is 0 Å². The van der Waals surface area contributed by atoms with Crippen molar-refractivity contribution in [2.75, 3.05) is 14.2 Å². The normalized spacial score (nSPS) is 10.2. The largest absolute Gasteiger partial charge is 0.507 e. The van der Waals surface area contributed by atoms with Gasteiger partial charge in [0.15, 0.2) is 17.8 Å². The number of hydrogen-bond donors (Lipinski definition) is 1. The Kier molecular flexibility index (Phi) is 2.87. The summed E-state index contributed by atoms with van der Waals surface area (Å²) in [5, 5.41) is 11.3. The minimum Gasteiger partial charge on any atom is -0.507 e. The molecule has 0 amide bonds. The molecule has 0 aliphatic heterocycles. The topological polar surface area (TPSA) is 55.8 Å². The molecule has 0 aliphatic rings. The third kappa shape index (κ3) is 1.78. The number of methoxy groups -OCH3 is 2. The molecule has 1 N–H and O–H groups in total. The Hall–Kier alpha value is -2.23. The zero-order valence-corrected chi connectivity index (χ0v) is 9.56. The van der Waals surface area contributed by atoms with Gasteiger partial charge in [0.05, 0.1) is 19.8 Å². The van der Waals surface area contributed by atoms with Gasteiger partial charge >= 0.3 is 0 Å². The van der Waals surface area contributed by atoms with Crippen molar-refractivity contribution in [2.24, 2.45) is 0 Å².